The van der Waals surface area contributed by atoms with Crippen molar-refractivity contribution < 1.29 is 31.7 Å². The topological polar surface area (TPSA) is 80.0 Å². The minimum atomic E-state index is -4.68. The molecule has 6 rings (SSSR count). The molecule has 0 radical (unpaired) electrons. The van der Waals surface area contributed by atoms with Crippen molar-refractivity contribution in [3.8, 4) is 34.0 Å². The zero-order valence-electron chi connectivity index (χ0n) is 23.0. The molecule has 1 aliphatic carbocycles. The monoisotopic (exact) mass is 578 g/mol. The molecule has 2 heterocycles. The maximum Gasteiger partial charge on any atom is 0.420 e. The van der Waals surface area contributed by atoms with Crippen LogP contribution in [0.25, 0.3) is 45.1 Å². The second-order valence-corrected chi connectivity index (χ2v) is 10.7. The van der Waals surface area contributed by atoms with Crippen LogP contribution in [0.5, 0.6) is 0 Å². The number of aliphatic hydroxyl groups is 1. The summed E-state index contributed by atoms with van der Waals surface area (Å²) >= 11 is 0. The van der Waals surface area contributed by atoms with Gasteiger partial charge in [0.25, 0.3) is 0 Å². The number of hydrogen-bond acceptors (Lipinski definition) is 5. The van der Waals surface area contributed by atoms with E-state index in [0.29, 0.717) is 33.6 Å². The molecule has 1 N–H and O–H groups in total. The largest absolute Gasteiger partial charge is 0.435 e. The van der Waals surface area contributed by atoms with E-state index in [1.54, 1.807) is 46.5 Å². The van der Waals surface area contributed by atoms with Crippen molar-refractivity contribution in [2.75, 3.05) is 6.73 Å². The van der Waals surface area contributed by atoms with Crippen molar-refractivity contribution in [1.82, 2.24) is 19.7 Å². The van der Waals surface area contributed by atoms with E-state index in [4.69, 9.17) is 4.42 Å². The summed E-state index contributed by atoms with van der Waals surface area (Å²) in [6, 6.07) is 13.9. The van der Waals surface area contributed by atoms with Crippen LogP contribution in [0.2, 0.25) is 0 Å². The third-order valence-electron chi connectivity index (χ3n) is 7.80. The summed E-state index contributed by atoms with van der Waals surface area (Å²) in [6.45, 7) is 1.91. The molecule has 3 aromatic carbocycles. The van der Waals surface area contributed by atoms with Gasteiger partial charge in [-0.1, -0.05) is 25.1 Å². The van der Waals surface area contributed by atoms with E-state index < -0.39 is 17.6 Å². The van der Waals surface area contributed by atoms with Gasteiger partial charge < -0.3 is 14.1 Å². The molecule has 7 nitrogen and oxygen atoms in total. The Hall–Kier alpha value is -4.38. The number of nitrogens with zero attached hydrogens (tertiary/aromatic N) is 5. The molecule has 1 atom stereocenters. The average molecular weight is 579 g/mol. The van der Waals surface area contributed by atoms with E-state index in [1.807, 2.05) is 6.07 Å². The lowest BCUT2D eigenvalue weighted by molar-refractivity contribution is -0.581. The molecule has 1 saturated carbocycles. The first kappa shape index (κ1) is 27.8. The molecular weight excluding hydrogens is 550 g/mol. The van der Waals surface area contributed by atoms with Crippen LogP contribution < -0.4 is 0 Å². The summed E-state index contributed by atoms with van der Waals surface area (Å²) < 4.78 is 66.1. The molecule has 1 fully saturated rings. The van der Waals surface area contributed by atoms with Crippen LogP contribution in [-0.4, -0.2) is 41.9 Å². The molecule has 216 valence electrons. The molecule has 0 spiro atoms. The van der Waals surface area contributed by atoms with E-state index in [1.165, 1.54) is 18.5 Å². The lowest BCUT2D eigenvalue weighted by Crippen LogP contribution is -2.24. The van der Waals surface area contributed by atoms with Crippen molar-refractivity contribution in [3.63, 3.8) is 0 Å². The van der Waals surface area contributed by atoms with Gasteiger partial charge in [0.15, 0.2) is 23.7 Å². The summed E-state index contributed by atoms with van der Waals surface area (Å²) in [5, 5.41) is 18.0. The lowest BCUT2D eigenvalue weighted by Gasteiger charge is -2.11. The number of aliphatic hydroxyl groups excluding tert-OH is 1. The van der Waals surface area contributed by atoms with Gasteiger partial charge in [0.1, 0.15) is 23.2 Å². The van der Waals surface area contributed by atoms with Crippen molar-refractivity contribution in [1.29, 1.82) is 0 Å². The summed E-state index contributed by atoms with van der Waals surface area (Å²) in [4.78, 5) is 4.46. The summed E-state index contributed by atoms with van der Waals surface area (Å²) in [5.41, 5.74) is 2.52. The maximum absolute atomic E-state index is 14.2. The lowest BCUT2D eigenvalue weighted by atomic mass is 9.97. The number of alkyl halides is 3. The van der Waals surface area contributed by atoms with Gasteiger partial charge in [0, 0.05) is 36.1 Å². The summed E-state index contributed by atoms with van der Waals surface area (Å²) in [5.74, 6) is 0.308. The average Bonchev–Trinajstić information content (AvgIpc) is 3.70. The number of hydrogen-bond donors (Lipinski definition) is 1. The van der Waals surface area contributed by atoms with Crippen molar-refractivity contribution >= 4 is 16.8 Å². The van der Waals surface area contributed by atoms with Crippen LogP contribution in [0, 0.1) is 11.7 Å². The Balaban J connectivity index is 1.43. The zero-order chi connectivity index (χ0) is 29.6. The van der Waals surface area contributed by atoms with Crippen LogP contribution in [0.1, 0.15) is 37.3 Å². The molecule has 0 unspecified atom stereocenters. The first-order valence-electron chi connectivity index (χ1n) is 13.6. The molecule has 0 saturated heterocycles. The second-order valence-electron chi connectivity index (χ2n) is 10.7. The Labute approximate surface area is 238 Å². The number of fused-ring (bicyclic) bond motifs is 1. The Kier molecular flexibility index (Phi) is 7.14. The van der Waals surface area contributed by atoms with Gasteiger partial charge in [-0.2, -0.15) is 13.2 Å². The number of oxazole rings is 1. The second kappa shape index (κ2) is 10.8. The third-order valence-corrected chi connectivity index (χ3v) is 7.80. The highest BCUT2D eigenvalue weighted by Gasteiger charge is 2.36. The smallest absolute Gasteiger partial charge is 0.420 e. The van der Waals surface area contributed by atoms with Gasteiger partial charge in [-0.25, -0.2) is 13.9 Å². The number of aryl methyl sites for hydroxylation is 1. The minimum Gasteiger partial charge on any atom is -0.435 e. The third kappa shape index (κ3) is 5.20. The SMILES string of the molecule is C[C@H]1CCC/C1=[N+](/CO)Cc1cc(C(F)(F)F)c2oc(-c3cccc(-c4ccc(F)cc4-c4nncn4C)c3)nc2c1. The van der Waals surface area contributed by atoms with Gasteiger partial charge in [-0.05, 0) is 60.4 Å². The van der Waals surface area contributed by atoms with Crippen LogP contribution in [0.4, 0.5) is 17.6 Å². The van der Waals surface area contributed by atoms with Crippen LogP contribution >= 0.6 is 0 Å². The van der Waals surface area contributed by atoms with Crippen molar-refractivity contribution in [2.24, 2.45) is 13.0 Å². The van der Waals surface area contributed by atoms with Crippen molar-refractivity contribution in [2.45, 2.75) is 38.9 Å². The van der Waals surface area contributed by atoms with Gasteiger partial charge in [0.2, 0.25) is 12.6 Å². The molecular formula is C31H28F4N5O2+. The maximum atomic E-state index is 14.2. The predicted octanol–water partition coefficient (Wildman–Crippen LogP) is 6.84. The fourth-order valence-electron chi connectivity index (χ4n) is 5.75. The highest BCUT2D eigenvalue weighted by Crippen LogP contribution is 2.39. The Morgan fingerprint density at radius 2 is 1.88 bits per heavy atom. The van der Waals surface area contributed by atoms with Crippen molar-refractivity contribution in [3.05, 3.63) is 77.9 Å². The Morgan fingerprint density at radius 1 is 1.07 bits per heavy atom. The van der Waals surface area contributed by atoms with E-state index in [2.05, 4.69) is 22.1 Å². The van der Waals surface area contributed by atoms with Crippen LogP contribution in [0.15, 0.2) is 65.3 Å². The summed E-state index contributed by atoms with van der Waals surface area (Å²) in [6.07, 6.45) is -0.374. The fraction of sp³-hybridized carbons (Fsp3) is 0.290. The Morgan fingerprint density at radius 3 is 2.57 bits per heavy atom. The first-order valence-corrected chi connectivity index (χ1v) is 13.6. The molecule has 2 aromatic heterocycles. The molecule has 42 heavy (non-hydrogen) atoms. The predicted molar refractivity (Wildman–Crippen MR) is 149 cm³/mol. The number of rotatable bonds is 6. The highest BCUT2D eigenvalue weighted by atomic mass is 19.4. The molecule has 0 amide bonds. The first-order chi connectivity index (χ1) is 20.1. The van der Waals surface area contributed by atoms with E-state index >= 15 is 0 Å². The van der Waals surface area contributed by atoms with Crippen LogP contribution in [-0.2, 0) is 19.8 Å². The number of aromatic nitrogens is 4. The van der Waals surface area contributed by atoms with Gasteiger partial charge in [0.05, 0.1) is 0 Å². The van der Waals surface area contributed by atoms with Gasteiger partial charge in [-0.15, -0.1) is 10.2 Å². The van der Waals surface area contributed by atoms with E-state index in [-0.39, 0.29) is 36.2 Å². The fourth-order valence-corrected chi connectivity index (χ4v) is 5.75. The molecule has 0 aliphatic heterocycles. The Bertz CT molecular complexity index is 1820. The van der Waals surface area contributed by atoms with Gasteiger partial charge >= 0.3 is 6.18 Å². The number of benzene rings is 3. The van der Waals surface area contributed by atoms with Gasteiger partial charge in [-0.3, -0.25) is 0 Å². The standard InChI is InChI=1S/C31H28F4N5O2/c1-18-5-3-8-27(18)40(17-41)15-19-11-25(31(33,34)35)28-26(12-19)37-30(42-28)21-7-4-6-20(13-21)23-10-9-22(32)14-24(23)29-38-36-16-39(29)2/h4,6-7,9-14,16,18,41H,3,5,8,15,17H2,1-2H3/q+1/b40-27-/t18-/m0/s1. The normalized spacial score (nSPS) is 16.9. The minimum absolute atomic E-state index is 0.0228. The number of halogens is 4. The van der Waals surface area contributed by atoms with E-state index in [0.717, 1.165) is 31.0 Å². The molecule has 1 aliphatic rings. The quantitative estimate of drug-likeness (QED) is 0.136. The molecule has 5 aromatic rings. The highest BCUT2D eigenvalue weighted by molar-refractivity contribution is 5.85. The summed E-state index contributed by atoms with van der Waals surface area (Å²) in [7, 11) is 1.75. The zero-order valence-corrected chi connectivity index (χ0v) is 23.0. The molecule has 11 heteroatoms. The molecule has 0 bridgehead atoms. The van der Waals surface area contributed by atoms with E-state index in [9.17, 15) is 22.7 Å². The van der Waals surface area contributed by atoms with Crippen LogP contribution in [0.3, 0.4) is 0 Å².